The minimum absolute atomic E-state index is 0.706. The maximum Gasteiger partial charge on any atom is 0.112 e. The van der Waals surface area contributed by atoms with Gasteiger partial charge in [-0.3, -0.25) is 0 Å². The molecule has 0 radical (unpaired) electrons. The zero-order valence-electron chi connectivity index (χ0n) is 12.3. The molecule has 0 aliphatic rings. The lowest BCUT2D eigenvalue weighted by molar-refractivity contribution is 0.509. The Morgan fingerprint density at radius 2 is 2.11 bits per heavy atom. The minimum atomic E-state index is 0.706. The van der Waals surface area contributed by atoms with Gasteiger partial charge in [0.05, 0.1) is 11.2 Å². The van der Waals surface area contributed by atoms with Gasteiger partial charge < -0.3 is 10.3 Å². The van der Waals surface area contributed by atoms with Crippen molar-refractivity contribution in [1.82, 2.24) is 9.55 Å². The number of nitrogens with two attached hydrogens (primary N) is 1. The Balaban J connectivity index is 2.39. The first-order valence-corrected chi connectivity index (χ1v) is 7.37. The topological polar surface area (TPSA) is 43.8 Å². The largest absolute Gasteiger partial charge is 0.397 e. The summed E-state index contributed by atoms with van der Waals surface area (Å²) in [6, 6.07) is 6.09. The summed E-state index contributed by atoms with van der Waals surface area (Å²) < 4.78 is 2.36. The maximum absolute atomic E-state index is 6.05. The van der Waals surface area contributed by atoms with Crippen LogP contribution in [-0.4, -0.2) is 9.55 Å². The highest BCUT2D eigenvalue weighted by molar-refractivity contribution is 5.87. The number of rotatable bonds is 6. The van der Waals surface area contributed by atoms with Gasteiger partial charge in [0.25, 0.3) is 0 Å². The third kappa shape index (κ3) is 3.09. The Labute approximate surface area is 115 Å². The van der Waals surface area contributed by atoms with Gasteiger partial charge in [-0.15, -0.1) is 0 Å². The summed E-state index contributed by atoms with van der Waals surface area (Å²) in [5.41, 5.74) is 8.99. The van der Waals surface area contributed by atoms with Crippen molar-refractivity contribution in [3.63, 3.8) is 0 Å². The molecule has 0 saturated carbocycles. The van der Waals surface area contributed by atoms with E-state index < -0.39 is 0 Å². The first-order valence-electron chi connectivity index (χ1n) is 7.37. The number of unbranched alkanes of at least 4 members (excludes halogenated alkanes) is 1. The molecule has 1 heterocycles. The highest BCUT2D eigenvalue weighted by atomic mass is 15.1. The first kappa shape index (κ1) is 13.9. The second-order valence-electron chi connectivity index (χ2n) is 5.68. The molecule has 0 atom stereocenters. The fourth-order valence-corrected chi connectivity index (χ4v) is 2.38. The van der Waals surface area contributed by atoms with Crippen molar-refractivity contribution in [3.8, 4) is 0 Å². The van der Waals surface area contributed by atoms with Gasteiger partial charge in [-0.25, -0.2) is 4.98 Å². The number of benzene rings is 1. The molecule has 0 unspecified atom stereocenters. The predicted octanol–water partition coefficient (Wildman–Crippen LogP) is 4.01. The molecule has 2 aromatic rings. The van der Waals surface area contributed by atoms with Crippen LogP contribution in [0.2, 0.25) is 0 Å². The number of hydrogen-bond acceptors (Lipinski definition) is 2. The number of fused-ring (bicyclic) bond motifs is 1. The summed E-state index contributed by atoms with van der Waals surface area (Å²) in [7, 11) is 0. The van der Waals surface area contributed by atoms with E-state index in [1.165, 1.54) is 30.6 Å². The van der Waals surface area contributed by atoms with Crippen molar-refractivity contribution in [1.29, 1.82) is 0 Å². The monoisotopic (exact) mass is 259 g/mol. The Morgan fingerprint density at radius 1 is 1.32 bits per heavy atom. The highest BCUT2D eigenvalue weighted by Gasteiger charge is 2.12. The number of aryl methyl sites for hydroxylation is 2. The maximum atomic E-state index is 6.05. The van der Waals surface area contributed by atoms with E-state index in [-0.39, 0.29) is 0 Å². The fourth-order valence-electron chi connectivity index (χ4n) is 2.38. The van der Waals surface area contributed by atoms with E-state index in [0.29, 0.717) is 5.92 Å². The van der Waals surface area contributed by atoms with Gasteiger partial charge >= 0.3 is 0 Å². The zero-order valence-corrected chi connectivity index (χ0v) is 12.3. The second-order valence-corrected chi connectivity index (χ2v) is 5.68. The summed E-state index contributed by atoms with van der Waals surface area (Å²) >= 11 is 0. The van der Waals surface area contributed by atoms with E-state index in [1.807, 2.05) is 12.1 Å². The van der Waals surface area contributed by atoms with Crippen LogP contribution in [0.1, 0.15) is 45.9 Å². The molecule has 3 nitrogen and oxygen atoms in total. The summed E-state index contributed by atoms with van der Waals surface area (Å²) in [5.74, 6) is 1.90. The van der Waals surface area contributed by atoms with Gasteiger partial charge in [-0.1, -0.05) is 33.3 Å². The SMILES string of the molecule is CCCCc1nc2c(N)cccc2n1CCC(C)C. The average Bonchev–Trinajstić information content (AvgIpc) is 2.73. The van der Waals surface area contributed by atoms with E-state index in [0.717, 1.165) is 24.2 Å². The number of nitrogens with zero attached hydrogens (tertiary/aromatic N) is 2. The number of para-hydroxylation sites is 1. The number of anilines is 1. The van der Waals surface area contributed by atoms with Gasteiger partial charge in [0.2, 0.25) is 0 Å². The second kappa shape index (κ2) is 6.09. The molecule has 1 aromatic heterocycles. The number of hydrogen-bond donors (Lipinski definition) is 1. The van der Waals surface area contributed by atoms with E-state index in [4.69, 9.17) is 10.7 Å². The first-order chi connectivity index (χ1) is 9.13. The van der Waals surface area contributed by atoms with Crippen LogP contribution in [0, 0.1) is 5.92 Å². The number of aromatic nitrogens is 2. The van der Waals surface area contributed by atoms with Crippen molar-refractivity contribution in [2.45, 2.75) is 53.0 Å². The Kier molecular flexibility index (Phi) is 4.46. The zero-order chi connectivity index (χ0) is 13.8. The third-order valence-corrected chi connectivity index (χ3v) is 3.57. The lowest BCUT2D eigenvalue weighted by Crippen LogP contribution is -2.06. The van der Waals surface area contributed by atoms with Crippen molar-refractivity contribution in [2.75, 3.05) is 5.73 Å². The van der Waals surface area contributed by atoms with Crippen LogP contribution in [0.15, 0.2) is 18.2 Å². The molecule has 1 aromatic carbocycles. The van der Waals surface area contributed by atoms with Crippen LogP contribution in [-0.2, 0) is 13.0 Å². The van der Waals surface area contributed by atoms with Crippen LogP contribution in [0.3, 0.4) is 0 Å². The van der Waals surface area contributed by atoms with Crippen molar-refractivity contribution >= 4 is 16.7 Å². The van der Waals surface area contributed by atoms with E-state index in [2.05, 4.69) is 31.4 Å². The molecule has 0 spiro atoms. The average molecular weight is 259 g/mol. The molecule has 104 valence electrons. The molecule has 2 N–H and O–H groups in total. The Morgan fingerprint density at radius 3 is 2.79 bits per heavy atom. The van der Waals surface area contributed by atoms with Gasteiger partial charge in [-0.2, -0.15) is 0 Å². The molecule has 2 rings (SSSR count). The van der Waals surface area contributed by atoms with Crippen LogP contribution >= 0.6 is 0 Å². The lowest BCUT2D eigenvalue weighted by atomic mass is 10.1. The van der Waals surface area contributed by atoms with Crippen molar-refractivity contribution in [2.24, 2.45) is 5.92 Å². The highest BCUT2D eigenvalue weighted by Crippen LogP contribution is 2.23. The normalized spacial score (nSPS) is 11.6. The summed E-state index contributed by atoms with van der Waals surface area (Å²) in [4.78, 5) is 4.77. The van der Waals surface area contributed by atoms with Crippen LogP contribution in [0.25, 0.3) is 11.0 Å². The molecule has 0 aliphatic heterocycles. The standard InChI is InChI=1S/C16H25N3/c1-4-5-9-15-18-16-13(17)7-6-8-14(16)19(15)11-10-12(2)3/h6-8,12H,4-5,9-11,17H2,1-3H3. The minimum Gasteiger partial charge on any atom is -0.397 e. The van der Waals surface area contributed by atoms with Gasteiger partial charge in [0, 0.05) is 13.0 Å². The van der Waals surface area contributed by atoms with Gasteiger partial charge in [0.1, 0.15) is 11.3 Å². The third-order valence-electron chi connectivity index (χ3n) is 3.57. The number of nitrogen functional groups attached to an aromatic ring is 1. The van der Waals surface area contributed by atoms with Crippen LogP contribution in [0.4, 0.5) is 5.69 Å². The molecule has 0 amide bonds. The van der Waals surface area contributed by atoms with Crippen LogP contribution in [0.5, 0.6) is 0 Å². The molecule has 0 saturated heterocycles. The molecule has 0 aliphatic carbocycles. The van der Waals surface area contributed by atoms with E-state index in [1.54, 1.807) is 0 Å². The molecular weight excluding hydrogens is 234 g/mol. The van der Waals surface area contributed by atoms with E-state index in [9.17, 15) is 0 Å². The van der Waals surface area contributed by atoms with E-state index >= 15 is 0 Å². The predicted molar refractivity (Wildman–Crippen MR) is 82.2 cm³/mol. The molecule has 3 heteroatoms. The van der Waals surface area contributed by atoms with Gasteiger partial charge in [0.15, 0.2) is 0 Å². The van der Waals surface area contributed by atoms with Crippen molar-refractivity contribution in [3.05, 3.63) is 24.0 Å². The molecule has 0 fully saturated rings. The molecule has 0 bridgehead atoms. The lowest BCUT2D eigenvalue weighted by Gasteiger charge is -2.10. The molecule has 19 heavy (non-hydrogen) atoms. The van der Waals surface area contributed by atoms with Crippen LogP contribution < -0.4 is 5.73 Å². The van der Waals surface area contributed by atoms with Crippen molar-refractivity contribution < 1.29 is 0 Å². The smallest absolute Gasteiger partial charge is 0.112 e. The Bertz CT molecular complexity index is 540. The summed E-state index contributed by atoms with van der Waals surface area (Å²) in [5, 5.41) is 0. The summed E-state index contributed by atoms with van der Waals surface area (Å²) in [6.45, 7) is 7.78. The van der Waals surface area contributed by atoms with Gasteiger partial charge in [-0.05, 0) is 30.9 Å². The number of imidazole rings is 1. The molecular formula is C16H25N3. The summed E-state index contributed by atoms with van der Waals surface area (Å²) in [6.07, 6.45) is 4.61. The quantitative estimate of drug-likeness (QED) is 0.797. The fraction of sp³-hybridized carbons (Fsp3) is 0.562. The Hall–Kier alpha value is -1.51.